The van der Waals surface area contributed by atoms with Gasteiger partial charge in [-0.1, -0.05) is 26.7 Å². The smallest absolute Gasteiger partial charge is 0.0110 e. The minimum absolute atomic E-state index is 0.797. The molecular weight excluding hydrogens is 220 g/mol. The lowest BCUT2D eigenvalue weighted by molar-refractivity contribution is 0.123. The van der Waals surface area contributed by atoms with Crippen molar-refractivity contribution in [2.75, 3.05) is 19.6 Å². The number of nitrogens with zero attached hydrogens (tertiary/aromatic N) is 1. The van der Waals surface area contributed by atoms with Gasteiger partial charge < -0.3 is 5.32 Å². The monoisotopic (exact) mass is 252 g/mol. The Morgan fingerprint density at radius 2 is 1.83 bits per heavy atom. The molecule has 1 saturated heterocycles. The average Bonchev–Trinajstić information content (AvgIpc) is 2.34. The molecule has 4 unspecified atom stereocenters. The van der Waals surface area contributed by atoms with Crippen molar-refractivity contribution in [3.05, 3.63) is 0 Å². The lowest BCUT2D eigenvalue weighted by Gasteiger charge is -2.37. The third-order valence-electron chi connectivity index (χ3n) is 5.02. The van der Waals surface area contributed by atoms with Gasteiger partial charge in [-0.2, -0.15) is 0 Å². The molecule has 0 spiro atoms. The van der Waals surface area contributed by atoms with E-state index in [0.29, 0.717) is 0 Å². The second-order valence-electron chi connectivity index (χ2n) is 6.95. The molecular formula is C16H32N2. The van der Waals surface area contributed by atoms with E-state index in [2.05, 4.69) is 31.0 Å². The summed E-state index contributed by atoms with van der Waals surface area (Å²) in [5.74, 6) is 1.83. The SMILES string of the molecule is CC1CCCC(NCCN2CC(C)CCC2C)C1. The van der Waals surface area contributed by atoms with Gasteiger partial charge in [0.05, 0.1) is 0 Å². The quantitative estimate of drug-likeness (QED) is 0.826. The zero-order valence-corrected chi connectivity index (χ0v) is 12.6. The summed E-state index contributed by atoms with van der Waals surface area (Å²) in [6.07, 6.45) is 8.48. The highest BCUT2D eigenvalue weighted by Gasteiger charge is 2.23. The van der Waals surface area contributed by atoms with Gasteiger partial charge >= 0.3 is 0 Å². The van der Waals surface area contributed by atoms with Crippen LogP contribution in [0.2, 0.25) is 0 Å². The number of nitrogens with one attached hydrogen (secondary N) is 1. The van der Waals surface area contributed by atoms with Crippen LogP contribution in [0.15, 0.2) is 0 Å². The van der Waals surface area contributed by atoms with E-state index < -0.39 is 0 Å². The average molecular weight is 252 g/mol. The first-order valence-corrected chi connectivity index (χ1v) is 8.12. The Balaban J connectivity index is 1.64. The second-order valence-corrected chi connectivity index (χ2v) is 6.95. The Morgan fingerprint density at radius 1 is 1.00 bits per heavy atom. The van der Waals surface area contributed by atoms with Crippen molar-refractivity contribution in [3.8, 4) is 0 Å². The fourth-order valence-corrected chi connectivity index (χ4v) is 3.72. The Kier molecular flexibility index (Phi) is 5.50. The van der Waals surface area contributed by atoms with E-state index in [0.717, 1.165) is 23.9 Å². The van der Waals surface area contributed by atoms with E-state index >= 15 is 0 Å². The van der Waals surface area contributed by atoms with Crippen LogP contribution >= 0.6 is 0 Å². The molecule has 18 heavy (non-hydrogen) atoms. The number of rotatable bonds is 4. The van der Waals surface area contributed by atoms with Gasteiger partial charge in [0.25, 0.3) is 0 Å². The van der Waals surface area contributed by atoms with E-state index in [4.69, 9.17) is 0 Å². The molecule has 2 rings (SSSR count). The van der Waals surface area contributed by atoms with Gasteiger partial charge in [0.15, 0.2) is 0 Å². The molecule has 2 aliphatic rings. The first-order valence-electron chi connectivity index (χ1n) is 8.12. The summed E-state index contributed by atoms with van der Waals surface area (Å²) in [5, 5.41) is 3.79. The van der Waals surface area contributed by atoms with Gasteiger partial charge in [-0.3, -0.25) is 4.90 Å². The Hall–Kier alpha value is -0.0800. The van der Waals surface area contributed by atoms with Crippen molar-refractivity contribution in [3.63, 3.8) is 0 Å². The van der Waals surface area contributed by atoms with Crippen molar-refractivity contribution in [2.24, 2.45) is 11.8 Å². The van der Waals surface area contributed by atoms with Crippen LogP contribution < -0.4 is 5.32 Å². The van der Waals surface area contributed by atoms with Gasteiger partial charge in [-0.15, -0.1) is 0 Å². The van der Waals surface area contributed by atoms with Crippen molar-refractivity contribution in [1.29, 1.82) is 0 Å². The fraction of sp³-hybridized carbons (Fsp3) is 1.00. The maximum Gasteiger partial charge on any atom is 0.0110 e. The molecule has 1 N–H and O–H groups in total. The van der Waals surface area contributed by atoms with Crippen LogP contribution in [0.25, 0.3) is 0 Å². The Morgan fingerprint density at radius 3 is 2.61 bits per heavy atom. The highest BCUT2D eigenvalue weighted by atomic mass is 15.2. The van der Waals surface area contributed by atoms with Crippen molar-refractivity contribution < 1.29 is 0 Å². The summed E-state index contributed by atoms with van der Waals surface area (Å²) in [5.41, 5.74) is 0. The first-order chi connectivity index (χ1) is 8.65. The number of piperidine rings is 1. The number of likely N-dealkylation sites (tertiary alicyclic amines) is 1. The van der Waals surface area contributed by atoms with Gasteiger partial charge in [0.2, 0.25) is 0 Å². The van der Waals surface area contributed by atoms with Crippen LogP contribution in [0, 0.1) is 11.8 Å². The summed E-state index contributed by atoms with van der Waals surface area (Å²) >= 11 is 0. The number of hydrogen-bond donors (Lipinski definition) is 1. The maximum atomic E-state index is 3.79. The summed E-state index contributed by atoms with van der Waals surface area (Å²) in [6, 6.07) is 1.60. The molecule has 2 nitrogen and oxygen atoms in total. The molecule has 0 aromatic heterocycles. The Bertz CT molecular complexity index is 241. The first kappa shape index (κ1) is 14.3. The summed E-state index contributed by atoms with van der Waals surface area (Å²) in [7, 11) is 0. The van der Waals surface area contributed by atoms with Crippen LogP contribution in [-0.2, 0) is 0 Å². The maximum absolute atomic E-state index is 3.79. The van der Waals surface area contributed by atoms with E-state index in [9.17, 15) is 0 Å². The van der Waals surface area contributed by atoms with E-state index in [1.807, 2.05) is 0 Å². The molecule has 0 aromatic carbocycles. The van der Waals surface area contributed by atoms with Gasteiger partial charge in [0.1, 0.15) is 0 Å². The molecule has 1 aliphatic carbocycles. The molecule has 2 fully saturated rings. The van der Waals surface area contributed by atoms with Crippen LogP contribution in [0.1, 0.15) is 59.3 Å². The number of hydrogen-bond acceptors (Lipinski definition) is 2. The molecule has 0 aromatic rings. The normalized spacial score (nSPS) is 38.8. The molecule has 1 aliphatic heterocycles. The predicted octanol–water partition coefficient (Wildman–Crippen LogP) is 3.28. The zero-order chi connectivity index (χ0) is 13.0. The summed E-state index contributed by atoms with van der Waals surface area (Å²) in [6.45, 7) is 10.9. The molecule has 0 bridgehead atoms. The molecule has 4 atom stereocenters. The Labute approximate surface area is 114 Å². The lowest BCUT2D eigenvalue weighted by Crippen LogP contribution is -2.46. The predicted molar refractivity (Wildman–Crippen MR) is 78.9 cm³/mol. The molecule has 0 radical (unpaired) electrons. The molecule has 0 amide bonds. The third-order valence-corrected chi connectivity index (χ3v) is 5.02. The van der Waals surface area contributed by atoms with Gasteiger partial charge in [-0.25, -0.2) is 0 Å². The second kappa shape index (κ2) is 6.91. The fourth-order valence-electron chi connectivity index (χ4n) is 3.72. The summed E-state index contributed by atoms with van der Waals surface area (Å²) in [4.78, 5) is 2.69. The van der Waals surface area contributed by atoms with Crippen molar-refractivity contribution >= 4 is 0 Å². The molecule has 106 valence electrons. The largest absolute Gasteiger partial charge is 0.313 e. The van der Waals surface area contributed by atoms with Gasteiger partial charge in [0, 0.05) is 31.7 Å². The van der Waals surface area contributed by atoms with E-state index in [-0.39, 0.29) is 0 Å². The van der Waals surface area contributed by atoms with E-state index in [1.165, 1.54) is 58.2 Å². The molecule has 1 saturated carbocycles. The topological polar surface area (TPSA) is 15.3 Å². The minimum atomic E-state index is 0.797. The third kappa shape index (κ3) is 4.24. The van der Waals surface area contributed by atoms with Crippen LogP contribution in [0.4, 0.5) is 0 Å². The van der Waals surface area contributed by atoms with Crippen LogP contribution in [-0.4, -0.2) is 36.6 Å². The molecule has 2 heteroatoms. The van der Waals surface area contributed by atoms with Crippen molar-refractivity contribution in [2.45, 2.75) is 71.4 Å². The van der Waals surface area contributed by atoms with Crippen molar-refractivity contribution in [1.82, 2.24) is 10.2 Å². The van der Waals surface area contributed by atoms with Crippen LogP contribution in [0.3, 0.4) is 0 Å². The highest BCUT2D eigenvalue weighted by Crippen LogP contribution is 2.24. The lowest BCUT2D eigenvalue weighted by atomic mass is 9.87. The molecule has 1 heterocycles. The van der Waals surface area contributed by atoms with Gasteiger partial charge in [-0.05, 0) is 44.4 Å². The zero-order valence-electron chi connectivity index (χ0n) is 12.6. The summed E-state index contributed by atoms with van der Waals surface area (Å²) < 4.78 is 0. The van der Waals surface area contributed by atoms with E-state index in [1.54, 1.807) is 0 Å². The highest BCUT2D eigenvalue weighted by molar-refractivity contribution is 4.79. The minimum Gasteiger partial charge on any atom is -0.313 e. The van der Waals surface area contributed by atoms with Crippen LogP contribution in [0.5, 0.6) is 0 Å². The standard InChI is InChI=1S/C16H32N2/c1-13-5-4-6-16(11-13)17-9-10-18-12-14(2)7-8-15(18)3/h13-17H,4-12H2,1-3H3.